The summed E-state index contributed by atoms with van der Waals surface area (Å²) >= 11 is 1.70. The van der Waals surface area contributed by atoms with Crippen LogP contribution in [0.1, 0.15) is 42.5 Å². The first-order chi connectivity index (χ1) is 18.7. The van der Waals surface area contributed by atoms with E-state index in [1.807, 2.05) is 48.0 Å². The van der Waals surface area contributed by atoms with Crippen LogP contribution >= 0.6 is 11.3 Å². The summed E-state index contributed by atoms with van der Waals surface area (Å²) < 4.78 is 47.0. The maximum atomic E-state index is 13.1. The lowest BCUT2D eigenvalue weighted by Gasteiger charge is -2.07. The number of furan rings is 1. The predicted molar refractivity (Wildman–Crippen MR) is 153 cm³/mol. The van der Waals surface area contributed by atoms with E-state index < -0.39 is 11.7 Å². The Morgan fingerprint density at radius 2 is 1.72 bits per heavy atom. The summed E-state index contributed by atoms with van der Waals surface area (Å²) in [6.45, 7) is 6.17. The summed E-state index contributed by atoms with van der Waals surface area (Å²) in [5, 5.41) is 4.90. The quantitative estimate of drug-likeness (QED) is 0.204. The first-order valence-corrected chi connectivity index (χ1v) is 13.3. The molecular formula is C32H27F3N2OS. The van der Waals surface area contributed by atoms with Crippen molar-refractivity contribution < 1.29 is 17.6 Å². The van der Waals surface area contributed by atoms with Gasteiger partial charge in [0.1, 0.15) is 17.2 Å². The van der Waals surface area contributed by atoms with E-state index in [0.717, 1.165) is 45.9 Å². The van der Waals surface area contributed by atoms with Crippen molar-refractivity contribution in [3.8, 4) is 27.6 Å². The third-order valence-corrected chi connectivity index (χ3v) is 7.14. The van der Waals surface area contributed by atoms with Crippen molar-refractivity contribution in [3.05, 3.63) is 118 Å². The predicted octanol–water partition coefficient (Wildman–Crippen LogP) is 9.95. The molecule has 0 spiro atoms. The van der Waals surface area contributed by atoms with Gasteiger partial charge in [-0.25, -0.2) is 4.68 Å². The highest BCUT2D eigenvalue weighted by atomic mass is 32.1. The Balaban J connectivity index is 1.35. The monoisotopic (exact) mass is 544 g/mol. The third kappa shape index (κ3) is 6.32. The molecule has 7 heteroatoms. The van der Waals surface area contributed by atoms with Gasteiger partial charge in [-0.3, -0.25) is 0 Å². The van der Waals surface area contributed by atoms with E-state index in [4.69, 9.17) is 9.52 Å². The van der Waals surface area contributed by atoms with Gasteiger partial charge in [-0.15, -0.1) is 11.3 Å². The number of aromatic nitrogens is 2. The molecule has 0 amide bonds. The molecule has 0 saturated heterocycles. The van der Waals surface area contributed by atoms with Crippen molar-refractivity contribution in [2.24, 2.45) is 0 Å². The van der Waals surface area contributed by atoms with Crippen LogP contribution in [0.4, 0.5) is 13.2 Å². The van der Waals surface area contributed by atoms with Crippen molar-refractivity contribution in [1.82, 2.24) is 9.78 Å². The van der Waals surface area contributed by atoms with Gasteiger partial charge in [-0.05, 0) is 75.4 Å². The number of benzene rings is 2. The fourth-order valence-electron chi connectivity index (χ4n) is 4.31. The Morgan fingerprint density at radius 1 is 0.923 bits per heavy atom. The van der Waals surface area contributed by atoms with Crippen molar-refractivity contribution >= 4 is 23.5 Å². The maximum absolute atomic E-state index is 13.1. The van der Waals surface area contributed by atoms with Crippen LogP contribution in [0.25, 0.3) is 39.7 Å². The third-order valence-electron chi connectivity index (χ3n) is 6.05. The molecule has 0 unspecified atom stereocenters. The number of rotatable bonds is 7. The van der Waals surface area contributed by atoms with Crippen molar-refractivity contribution in [2.45, 2.75) is 33.4 Å². The Bertz CT molecular complexity index is 1650. The molecule has 5 rings (SSSR count). The molecule has 2 aromatic carbocycles. The second-order valence-electron chi connectivity index (χ2n) is 9.65. The second kappa shape index (κ2) is 10.9. The highest BCUT2D eigenvalue weighted by Gasteiger charge is 2.30. The van der Waals surface area contributed by atoms with Crippen molar-refractivity contribution in [1.29, 1.82) is 0 Å². The van der Waals surface area contributed by atoms with Crippen LogP contribution in [0.15, 0.2) is 101 Å². The van der Waals surface area contributed by atoms with E-state index in [1.165, 1.54) is 16.5 Å². The topological polar surface area (TPSA) is 31.0 Å². The summed E-state index contributed by atoms with van der Waals surface area (Å²) in [7, 11) is 0. The number of thiophene rings is 1. The molecule has 3 nitrogen and oxygen atoms in total. The largest absolute Gasteiger partial charge is 0.457 e. The molecule has 3 aromatic heterocycles. The van der Waals surface area contributed by atoms with E-state index in [9.17, 15) is 13.2 Å². The number of alkyl halides is 3. The van der Waals surface area contributed by atoms with E-state index in [2.05, 4.69) is 38.3 Å². The molecule has 0 aliphatic heterocycles. The van der Waals surface area contributed by atoms with Crippen LogP contribution in [-0.2, 0) is 12.6 Å². The molecule has 198 valence electrons. The molecule has 39 heavy (non-hydrogen) atoms. The fourth-order valence-corrected chi connectivity index (χ4v) is 5.42. The summed E-state index contributed by atoms with van der Waals surface area (Å²) in [4.78, 5) is 2.27. The normalized spacial score (nSPS) is 12.1. The Morgan fingerprint density at radius 3 is 2.46 bits per heavy atom. The number of para-hydroxylation sites is 1. The number of halogens is 3. The van der Waals surface area contributed by atoms with Gasteiger partial charge >= 0.3 is 6.18 Å². The SMILES string of the molecule is CC(C)=Cc1cn(-c2ccccc2)nc1-c1ccc(C/C(C)=C/c2ccc(-c3cccc(C(F)(F)F)c3)o2)s1. The lowest BCUT2D eigenvalue weighted by atomic mass is 10.1. The molecule has 0 saturated carbocycles. The molecule has 0 bridgehead atoms. The number of hydrogen-bond acceptors (Lipinski definition) is 3. The summed E-state index contributed by atoms with van der Waals surface area (Å²) in [5.41, 5.74) is 4.99. The summed E-state index contributed by atoms with van der Waals surface area (Å²) in [6, 6.07) is 22.9. The van der Waals surface area contributed by atoms with Gasteiger partial charge in [0.2, 0.25) is 0 Å². The summed E-state index contributed by atoms with van der Waals surface area (Å²) in [5.74, 6) is 1.00. The highest BCUT2D eigenvalue weighted by Crippen LogP contribution is 2.34. The van der Waals surface area contributed by atoms with E-state index in [1.54, 1.807) is 29.5 Å². The van der Waals surface area contributed by atoms with E-state index >= 15 is 0 Å². The minimum atomic E-state index is -4.40. The van der Waals surface area contributed by atoms with Crippen LogP contribution in [-0.4, -0.2) is 9.78 Å². The van der Waals surface area contributed by atoms with E-state index in [0.29, 0.717) is 17.1 Å². The molecule has 0 atom stereocenters. The lowest BCUT2D eigenvalue weighted by Crippen LogP contribution is -2.04. The molecule has 3 heterocycles. The van der Waals surface area contributed by atoms with E-state index in [-0.39, 0.29) is 0 Å². The molecule has 0 aliphatic carbocycles. The average Bonchev–Trinajstić information content (AvgIpc) is 3.64. The molecule has 0 radical (unpaired) electrons. The van der Waals surface area contributed by atoms with Gasteiger partial charge in [-0.1, -0.05) is 47.6 Å². The van der Waals surface area contributed by atoms with Crippen LogP contribution in [0, 0.1) is 0 Å². The Kier molecular flexibility index (Phi) is 7.44. The van der Waals surface area contributed by atoms with Crippen LogP contribution in [0.3, 0.4) is 0 Å². The molecular weight excluding hydrogens is 517 g/mol. The highest BCUT2D eigenvalue weighted by molar-refractivity contribution is 7.15. The number of hydrogen-bond donors (Lipinski definition) is 0. The fraction of sp³-hybridized carbons (Fsp3) is 0.156. The van der Waals surface area contributed by atoms with Crippen molar-refractivity contribution in [3.63, 3.8) is 0 Å². The minimum absolute atomic E-state index is 0.395. The van der Waals surface area contributed by atoms with Gasteiger partial charge in [0, 0.05) is 28.6 Å². The van der Waals surface area contributed by atoms with Crippen molar-refractivity contribution in [2.75, 3.05) is 0 Å². The standard InChI is InChI=1S/C32H27F3N2OS/c1-21(2)16-24-20-37(26-10-5-4-6-11-26)36-31(24)30-15-13-28(39-30)18-22(3)17-27-12-14-29(38-27)23-8-7-9-25(19-23)32(33,34)35/h4-17,19-20H,18H2,1-3H3/b22-17+. The van der Waals surface area contributed by atoms with Crippen LogP contribution < -0.4 is 0 Å². The number of nitrogens with zero attached hydrogens (tertiary/aromatic N) is 2. The van der Waals surface area contributed by atoms with Crippen LogP contribution in [0.5, 0.6) is 0 Å². The zero-order valence-corrected chi connectivity index (χ0v) is 22.6. The first kappa shape index (κ1) is 26.5. The molecule has 5 aromatic rings. The Labute approximate surface area is 229 Å². The Hall–Kier alpha value is -4.10. The average molecular weight is 545 g/mol. The maximum Gasteiger partial charge on any atom is 0.416 e. The molecule has 0 fully saturated rings. The zero-order valence-electron chi connectivity index (χ0n) is 21.8. The van der Waals surface area contributed by atoms with Gasteiger partial charge in [-0.2, -0.15) is 18.3 Å². The lowest BCUT2D eigenvalue weighted by molar-refractivity contribution is -0.137. The second-order valence-corrected chi connectivity index (χ2v) is 10.8. The van der Waals surface area contributed by atoms with Gasteiger partial charge in [0.25, 0.3) is 0 Å². The molecule has 0 N–H and O–H groups in total. The van der Waals surface area contributed by atoms with Gasteiger partial charge < -0.3 is 4.42 Å². The van der Waals surface area contributed by atoms with Crippen LogP contribution in [0.2, 0.25) is 0 Å². The molecule has 0 aliphatic rings. The van der Waals surface area contributed by atoms with Gasteiger partial charge in [0.05, 0.1) is 16.1 Å². The van der Waals surface area contributed by atoms with Gasteiger partial charge in [0.15, 0.2) is 0 Å². The summed E-state index contributed by atoms with van der Waals surface area (Å²) in [6.07, 6.45) is 2.46. The smallest absolute Gasteiger partial charge is 0.416 e. The first-order valence-electron chi connectivity index (χ1n) is 12.5. The zero-order chi connectivity index (χ0) is 27.6. The number of allylic oxidation sites excluding steroid dienone is 2. The minimum Gasteiger partial charge on any atom is -0.457 e.